The summed E-state index contributed by atoms with van der Waals surface area (Å²) in [7, 11) is 1.76. The van der Waals surface area contributed by atoms with Crippen LogP contribution in [0.5, 0.6) is 0 Å². The summed E-state index contributed by atoms with van der Waals surface area (Å²) >= 11 is 1.57. The van der Waals surface area contributed by atoms with Crippen molar-refractivity contribution in [2.45, 2.75) is 38.0 Å². The molecule has 2 rings (SSSR count). The van der Waals surface area contributed by atoms with Crippen LogP contribution >= 0.6 is 11.3 Å². The van der Waals surface area contributed by atoms with Crippen molar-refractivity contribution >= 4 is 17.2 Å². The molecule has 0 aliphatic heterocycles. The van der Waals surface area contributed by atoms with E-state index in [0.717, 1.165) is 24.3 Å². The lowest BCUT2D eigenvalue weighted by Gasteiger charge is -2.19. The van der Waals surface area contributed by atoms with Crippen LogP contribution in [0.4, 0.5) is 0 Å². The third-order valence-corrected chi connectivity index (χ3v) is 4.17. The molecule has 94 valence electrons. The Labute approximate surface area is 105 Å². The molecular formula is C12H18N2O2S. The summed E-state index contributed by atoms with van der Waals surface area (Å²) in [6.45, 7) is 0.780. The van der Waals surface area contributed by atoms with Gasteiger partial charge in [0.1, 0.15) is 0 Å². The Morgan fingerprint density at radius 2 is 2.47 bits per heavy atom. The van der Waals surface area contributed by atoms with Crippen molar-refractivity contribution in [2.24, 2.45) is 5.73 Å². The monoisotopic (exact) mass is 254 g/mol. The second-order valence-corrected chi connectivity index (χ2v) is 5.35. The van der Waals surface area contributed by atoms with E-state index in [1.807, 2.05) is 11.4 Å². The minimum Gasteiger partial charge on any atom is -0.380 e. The Hall–Kier alpha value is -0.910. The molecule has 0 saturated heterocycles. The number of hydrogen-bond acceptors (Lipinski definition) is 4. The number of ether oxygens (including phenoxy) is 1. The second-order valence-electron chi connectivity index (χ2n) is 4.36. The molecule has 1 aliphatic rings. The highest BCUT2D eigenvalue weighted by molar-refractivity contribution is 7.10. The molecule has 5 heteroatoms. The van der Waals surface area contributed by atoms with Gasteiger partial charge in [0.25, 0.3) is 0 Å². The topological polar surface area (TPSA) is 64.3 Å². The Kier molecular flexibility index (Phi) is 4.15. The lowest BCUT2D eigenvalue weighted by Crippen LogP contribution is -2.36. The van der Waals surface area contributed by atoms with Crippen LogP contribution in [0.15, 0.2) is 11.4 Å². The van der Waals surface area contributed by atoms with E-state index in [0.29, 0.717) is 17.7 Å². The molecule has 0 radical (unpaired) electrons. The van der Waals surface area contributed by atoms with Gasteiger partial charge in [-0.2, -0.15) is 0 Å². The summed E-state index contributed by atoms with van der Waals surface area (Å²) in [5.74, 6) is -0.358. The minimum absolute atomic E-state index is 0.325. The molecule has 1 fully saturated rings. The van der Waals surface area contributed by atoms with Crippen LogP contribution in [-0.4, -0.2) is 25.2 Å². The van der Waals surface area contributed by atoms with Crippen LogP contribution in [0.3, 0.4) is 0 Å². The standard InChI is InChI=1S/C12H18N2O2S/c1-16-11-4-2-3-10(11)14-6-9-5-8(7-17-9)12(13)15/h5,7,10-11,14H,2-4,6H2,1H3,(H2,13,15). The highest BCUT2D eigenvalue weighted by Gasteiger charge is 2.26. The molecule has 3 N–H and O–H groups in total. The first kappa shape index (κ1) is 12.5. The molecule has 1 aromatic heterocycles. The summed E-state index contributed by atoms with van der Waals surface area (Å²) in [5, 5.41) is 5.29. The first-order valence-electron chi connectivity index (χ1n) is 5.84. The van der Waals surface area contributed by atoms with Crippen molar-refractivity contribution in [3.05, 3.63) is 21.9 Å². The van der Waals surface area contributed by atoms with E-state index in [1.54, 1.807) is 18.4 Å². The van der Waals surface area contributed by atoms with Crippen LogP contribution in [0.25, 0.3) is 0 Å². The van der Waals surface area contributed by atoms with Gasteiger partial charge in [-0.25, -0.2) is 0 Å². The second kappa shape index (κ2) is 5.62. The third-order valence-electron chi connectivity index (χ3n) is 3.23. The predicted molar refractivity (Wildman–Crippen MR) is 68.1 cm³/mol. The van der Waals surface area contributed by atoms with Gasteiger partial charge in [0.15, 0.2) is 0 Å². The Morgan fingerprint density at radius 1 is 1.65 bits per heavy atom. The van der Waals surface area contributed by atoms with Crippen molar-refractivity contribution < 1.29 is 9.53 Å². The van der Waals surface area contributed by atoms with Crippen molar-refractivity contribution in [1.29, 1.82) is 0 Å². The average Bonchev–Trinajstić information content (AvgIpc) is 2.95. The van der Waals surface area contributed by atoms with Gasteiger partial charge < -0.3 is 15.8 Å². The van der Waals surface area contributed by atoms with E-state index in [1.165, 1.54) is 6.42 Å². The molecule has 2 atom stereocenters. The fraction of sp³-hybridized carbons (Fsp3) is 0.583. The predicted octanol–water partition coefficient (Wildman–Crippen LogP) is 1.50. The van der Waals surface area contributed by atoms with Crippen molar-refractivity contribution in [1.82, 2.24) is 5.32 Å². The van der Waals surface area contributed by atoms with Gasteiger partial charge >= 0.3 is 0 Å². The highest BCUT2D eigenvalue weighted by atomic mass is 32.1. The molecule has 1 amide bonds. The highest BCUT2D eigenvalue weighted by Crippen LogP contribution is 2.22. The summed E-state index contributed by atoms with van der Waals surface area (Å²) in [6.07, 6.45) is 3.83. The molecule has 4 nitrogen and oxygen atoms in total. The Morgan fingerprint density at radius 3 is 3.12 bits per heavy atom. The van der Waals surface area contributed by atoms with E-state index in [4.69, 9.17) is 10.5 Å². The number of nitrogens with one attached hydrogen (secondary N) is 1. The molecule has 1 aromatic rings. The maximum Gasteiger partial charge on any atom is 0.249 e. The van der Waals surface area contributed by atoms with E-state index < -0.39 is 0 Å². The SMILES string of the molecule is COC1CCCC1NCc1cc(C(N)=O)cs1. The number of methoxy groups -OCH3 is 1. The summed E-state index contributed by atoms with van der Waals surface area (Å²) in [6, 6.07) is 2.29. The van der Waals surface area contributed by atoms with Gasteiger partial charge in [0, 0.05) is 30.0 Å². The zero-order chi connectivity index (χ0) is 12.3. The first-order chi connectivity index (χ1) is 8.20. The van der Waals surface area contributed by atoms with E-state index >= 15 is 0 Å². The molecule has 0 aromatic carbocycles. The van der Waals surface area contributed by atoms with Crippen LogP contribution < -0.4 is 11.1 Å². The molecule has 0 spiro atoms. The number of thiophene rings is 1. The summed E-state index contributed by atoms with van der Waals surface area (Å²) in [5.41, 5.74) is 5.81. The number of rotatable bonds is 5. The Bertz CT molecular complexity index is 392. The zero-order valence-electron chi connectivity index (χ0n) is 9.94. The number of carbonyl (C=O) groups excluding carboxylic acids is 1. The zero-order valence-corrected chi connectivity index (χ0v) is 10.8. The van der Waals surface area contributed by atoms with Crippen LogP contribution in [0.2, 0.25) is 0 Å². The quantitative estimate of drug-likeness (QED) is 0.837. The number of hydrogen-bond donors (Lipinski definition) is 2. The number of nitrogens with two attached hydrogens (primary N) is 1. The van der Waals surface area contributed by atoms with Crippen molar-refractivity contribution in [2.75, 3.05) is 7.11 Å². The van der Waals surface area contributed by atoms with Crippen LogP contribution in [0, 0.1) is 0 Å². The van der Waals surface area contributed by atoms with E-state index in [9.17, 15) is 4.79 Å². The maximum absolute atomic E-state index is 11.0. The number of primary amides is 1. The number of carbonyl (C=O) groups is 1. The number of amides is 1. The van der Waals surface area contributed by atoms with Crippen LogP contribution in [0.1, 0.15) is 34.5 Å². The maximum atomic E-state index is 11.0. The van der Waals surface area contributed by atoms with Gasteiger partial charge in [-0.05, 0) is 25.3 Å². The fourth-order valence-corrected chi connectivity index (χ4v) is 3.10. The summed E-state index contributed by atoms with van der Waals surface area (Å²) < 4.78 is 5.42. The minimum atomic E-state index is -0.358. The summed E-state index contributed by atoms with van der Waals surface area (Å²) in [4.78, 5) is 12.1. The molecule has 2 unspecified atom stereocenters. The third kappa shape index (κ3) is 3.06. The molecule has 1 aliphatic carbocycles. The van der Waals surface area contributed by atoms with Crippen molar-refractivity contribution in [3.8, 4) is 0 Å². The average molecular weight is 254 g/mol. The van der Waals surface area contributed by atoms with Gasteiger partial charge in [-0.3, -0.25) is 4.79 Å². The van der Waals surface area contributed by atoms with Crippen LogP contribution in [-0.2, 0) is 11.3 Å². The van der Waals surface area contributed by atoms with Gasteiger partial charge in [-0.1, -0.05) is 0 Å². The normalized spacial score (nSPS) is 24.1. The molecule has 1 heterocycles. The van der Waals surface area contributed by atoms with E-state index in [2.05, 4.69) is 5.32 Å². The largest absolute Gasteiger partial charge is 0.380 e. The van der Waals surface area contributed by atoms with Gasteiger partial charge in [-0.15, -0.1) is 11.3 Å². The molecular weight excluding hydrogens is 236 g/mol. The van der Waals surface area contributed by atoms with Gasteiger partial charge in [0.2, 0.25) is 5.91 Å². The first-order valence-corrected chi connectivity index (χ1v) is 6.72. The molecule has 0 bridgehead atoms. The smallest absolute Gasteiger partial charge is 0.249 e. The fourth-order valence-electron chi connectivity index (χ4n) is 2.28. The molecule has 17 heavy (non-hydrogen) atoms. The van der Waals surface area contributed by atoms with Gasteiger partial charge in [0.05, 0.1) is 11.7 Å². The lowest BCUT2D eigenvalue weighted by molar-refractivity contribution is 0.0848. The molecule has 1 saturated carbocycles. The van der Waals surface area contributed by atoms with E-state index in [-0.39, 0.29) is 5.91 Å². The lowest BCUT2D eigenvalue weighted by atomic mass is 10.2. The Balaban J connectivity index is 1.86. The van der Waals surface area contributed by atoms with Crippen molar-refractivity contribution in [3.63, 3.8) is 0 Å².